The molecular weight excluding hydrogens is 230 g/mol. The van der Waals surface area contributed by atoms with E-state index in [1.165, 1.54) is 22.3 Å². The molecule has 0 aliphatic carbocycles. The maximum absolute atomic E-state index is 5.88. The predicted octanol–water partition coefficient (Wildman–Crippen LogP) is 4.39. The number of anilines is 1. The maximum Gasteiger partial charge on any atom is 0.0317 e. The zero-order valence-electron chi connectivity index (χ0n) is 11.1. The van der Waals surface area contributed by atoms with Crippen molar-refractivity contribution >= 4 is 5.69 Å². The monoisotopic (exact) mass is 249 g/mol. The van der Waals surface area contributed by atoms with Crippen LogP contribution in [0, 0.1) is 0 Å². The zero-order valence-corrected chi connectivity index (χ0v) is 11.1. The molecule has 2 rings (SSSR count). The highest BCUT2D eigenvalue weighted by molar-refractivity contribution is 5.73. The van der Waals surface area contributed by atoms with Gasteiger partial charge in [0.15, 0.2) is 0 Å². The van der Waals surface area contributed by atoms with Crippen LogP contribution >= 0.6 is 0 Å². The average Bonchev–Trinajstić information content (AvgIpc) is 2.41. The van der Waals surface area contributed by atoms with Crippen molar-refractivity contribution in [3.8, 4) is 11.1 Å². The number of rotatable bonds is 5. The smallest absolute Gasteiger partial charge is 0.0317 e. The Morgan fingerprint density at radius 3 is 2.21 bits per heavy atom. The topological polar surface area (TPSA) is 26.0 Å². The molecule has 0 amide bonds. The minimum atomic E-state index is 0.793. The maximum atomic E-state index is 5.88. The van der Waals surface area contributed by atoms with E-state index in [9.17, 15) is 0 Å². The van der Waals surface area contributed by atoms with Crippen LogP contribution in [0.15, 0.2) is 67.8 Å². The summed E-state index contributed by atoms with van der Waals surface area (Å²) >= 11 is 0. The molecule has 1 nitrogen and oxygen atoms in total. The second-order valence-electron chi connectivity index (χ2n) is 4.56. The summed E-state index contributed by atoms with van der Waals surface area (Å²) in [5.74, 6) is 0. The number of allylic oxidation sites excluding steroid dienone is 2. The molecule has 0 aliphatic rings. The minimum Gasteiger partial charge on any atom is -0.399 e. The fourth-order valence-corrected chi connectivity index (χ4v) is 2.32. The number of nitrogens with two attached hydrogens (primary N) is 1. The van der Waals surface area contributed by atoms with Gasteiger partial charge in [-0.15, -0.1) is 13.2 Å². The fourth-order valence-electron chi connectivity index (χ4n) is 2.32. The van der Waals surface area contributed by atoms with Gasteiger partial charge in [-0.3, -0.25) is 0 Å². The first-order valence-corrected chi connectivity index (χ1v) is 6.44. The van der Waals surface area contributed by atoms with Gasteiger partial charge in [-0.25, -0.2) is 0 Å². The summed E-state index contributed by atoms with van der Waals surface area (Å²) in [7, 11) is 0. The Bertz CT molecular complexity index is 596. The lowest BCUT2D eigenvalue weighted by molar-refractivity contribution is 1.24. The van der Waals surface area contributed by atoms with Gasteiger partial charge >= 0.3 is 0 Å². The Labute approximate surface area is 115 Å². The van der Waals surface area contributed by atoms with Crippen molar-refractivity contribution in [1.82, 2.24) is 0 Å². The van der Waals surface area contributed by atoms with Crippen LogP contribution in [0.2, 0.25) is 0 Å². The lowest BCUT2D eigenvalue weighted by atomic mass is 9.92. The van der Waals surface area contributed by atoms with Gasteiger partial charge < -0.3 is 5.73 Å². The van der Waals surface area contributed by atoms with Gasteiger partial charge in [0.1, 0.15) is 0 Å². The van der Waals surface area contributed by atoms with Crippen LogP contribution in [-0.4, -0.2) is 0 Å². The van der Waals surface area contributed by atoms with Gasteiger partial charge in [-0.1, -0.05) is 42.5 Å². The van der Waals surface area contributed by atoms with Gasteiger partial charge in [-0.2, -0.15) is 0 Å². The summed E-state index contributed by atoms with van der Waals surface area (Å²) in [5, 5.41) is 0. The molecule has 0 radical (unpaired) electrons. The molecule has 0 saturated heterocycles. The van der Waals surface area contributed by atoms with E-state index in [2.05, 4.69) is 43.5 Å². The highest BCUT2D eigenvalue weighted by atomic mass is 14.5. The molecule has 1 heteroatoms. The van der Waals surface area contributed by atoms with E-state index in [4.69, 9.17) is 5.73 Å². The third kappa shape index (κ3) is 2.94. The molecule has 0 aromatic heterocycles. The van der Waals surface area contributed by atoms with Crippen LogP contribution in [0.5, 0.6) is 0 Å². The van der Waals surface area contributed by atoms with Crippen LogP contribution in [0.1, 0.15) is 11.1 Å². The fraction of sp³-hybridized carbons (Fsp3) is 0.111. The molecule has 0 bridgehead atoms. The lowest BCUT2D eigenvalue weighted by Crippen LogP contribution is -1.95. The zero-order chi connectivity index (χ0) is 13.7. The van der Waals surface area contributed by atoms with Crippen molar-refractivity contribution in [3.63, 3.8) is 0 Å². The van der Waals surface area contributed by atoms with Crippen molar-refractivity contribution < 1.29 is 0 Å². The van der Waals surface area contributed by atoms with E-state index >= 15 is 0 Å². The minimum absolute atomic E-state index is 0.793. The summed E-state index contributed by atoms with van der Waals surface area (Å²) in [5.41, 5.74) is 11.7. The third-order valence-electron chi connectivity index (χ3n) is 3.17. The van der Waals surface area contributed by atoms with Crippen molar-refractivity contribution in [1.29, 1.82) is 0 Å². The number of benzene rings is 2. The number of nitrogen functional groups attached to an aromatic ring is 1. The number of hydrogen-bond donors (Lipinski definition) is 1. The molecule has 19 heavy (non-hydrogen) atoms. The molecule has 2 aromatic rings. The Hall–Kier alpha value is -2.28. The molecule has 0 heterocycles. The summed E-state index contributed by atoms with van der Waals surface area (Å²) in [4.78, 5) is 0. The Balaban J connectivity index is 2.57. The highest BCUT2D eigenvalue weighted by Gasteiger charge is 2.08. The van der Waals surface area contributed by atoms with Crippen LogP contribution in [0.25, 0.3) is 11.1 Å². The standard InChI is InChI=1S/C18H19N/c1-3-7-14-9-5-6-10-17(14)18-12-11-16(19)13-15(18)8-4-2/h3-6,9-13H,1-2,7-8,19H2. The van der Waals surface area contributed by atoms with Crippen LogP contribution in [-0.2, 0) is 12.8 Å². The molecule has 0 saturated carbocycles. The van der Waals surface area contributed by atoms with E-state index in [0.717, 1.165) is 18.5 Å². The SMILES string of the molecule is C=CCc1ccccc1-c1ccc(N)cc1CC=C. The average molecular weight is 249 g/mol. The molecule has 2 N–H and O–H groups in total. The van der Waals surface area contributed by atoms with E-state index in [1.807, 2.05) is 24.3 Å². The Kier molecular flexibility index (Phi) is 4.19. The second-order valence-corrected chi connectivity index (χ2v) is 4.56. The van der Waals surface area contributed by atoms with Gasteiger partial charge in [0, 0.05) is 5.69 Å². The van der Waals surface area contributed by atoms with E-state index in [1.54, 1.807) is 0 Å². The first-order valence-electron chi connectivity index (χ1n) is 6.44. The van der Waals surface area contributed by atoms with Gasteiger partial charge in [-0.05, 0) is 47.2 Å². The molecule has 0 spiro atoms. The van der Waals surface area contributed by atoms with Gasteiger partial charge in [0.2, 0.25) is 0 Å². The van der Waals surface area contributed by atoms with Gasteiger partial charge in [0.25, 0.3) is 0 Å². The quantitative estimate of drug-likeness (QED) is 0.617. The Morgan fingerprint density at radius 1 is 0.842 bits per heavy atom. The van der Waals surface area contributed by atoms with E-state index in [0.29, 0.717) is 0 Å². The first-order chi connectivity index (χ1) is 9.26. The molecule has 96 valence electrons. The van der Waals surface area contributed by atoms with E-state index < -0.39 is 0 Å². The van der Waals surface area contributed by atoms with Crippen LogP contribution < -0.4 is 5.73 Å². The molecule has 2 aromatic carbocycles. The lowest BCUT2D eigenvalue weighted by Gasteiger charge is -2.13. The normalized spacial score (nSPS) is 10.1. The Morgan fingerprint density at radius 2 is 1.47 bits per heavy atom. The summed E-state index contributed by atoms with van der Waals surface area (Å²) in [6.45, 7) is 7.65. The first kappa shape index (κ1) is 13.2. The molecule has 0 aliphatic heterocycles. The third-order valence-corrected chi connectivity index (χ3v) is 3.17. The summed E-state index contributed by atoms with van der Waals surface area (Å²) in [6, 6.07) is 14.5. The van der Waals surface area contributed by atoms with Crippen molar-refractivity contribution in [2.45, 2.75) is 12.8 Å². The van der Waals surface area contributed by atoms with Crippen molar-refractivity contribution in [2.24, 2.45) is 0 Å². The second kappa shape index (κ2) is 6.05. The number of hydrogen-bond acceptors (Lipinski definition) is 1. The summed E-state index contributed by atoms with van der Waals surface area (Å²) < 4.78 is 0. The van der Waals surface area contributed by atoms with Crippen LogP contribution in [0.3, 0.4) is 0 Å². The van der Waals surface area contributed by atoms with Crippen LogP contribution in [0.4, 0.5) is 5.69 Å². The largest absolute Gasteiger partial charge is 0.399 e. The molecule has 0 atom stereocenters. The van der Waals surface area contributed by atoms with Crippen molar-refractivity contribution in [2.75, 3.05) is 5.73 Å². The van der Waals surface area contributed by atoms with E-state index in [-0.39, 0.29) is 0 Å². The molecule has 0 unspecified atom stereocenters. The summed E-state index contributed by atoms with van der Waals surface area (Å²) in [6.07, 6.45) is 5.54. The molecular formula is C18H19N. The predicted molar refractivity (Wildman–Crippen MR) is 84.1 cm³/mol. The van der Waals surface area contributed by atoms with Crippen molar-refractivity contribution in [3.05, 3.63) is 78.9 Å². The highest BCUT2D eigenvalue weighted by Crippen LogP contribution is 2.29. The molecule has 0 fully saturated rings. The van der Waals surface area contributed by atoms with Gasteiger partial charge in [0.05, 0.1) is 0 Å².